The molecule has 172 valence electrons. The highest BCUT2D eigenvalue weighted by Gasteiger charge is 2.35. The normalized spacial score (nSPS) is 23.8. The highest BCUT2D eigenvalue weighted by Crippen LogP contribution is 2.36. The van der Waals surface area contributed by atoms with Crippen LogP contribution in [-0.2, 0) is 9.53 Å². The van der Waals surface area contributed by atoms with Crippen LogP contribution in [0.5, 0.6) is 0 Å². The molecule has 7 nitrogen and oxygen atoms in total. The minimum Gasteiger partial charge on any atom is -0.378 e. The molecule has 5 rings (SSSR count). The van der Waals surface area contributed by atoms with E-state index in [1.807, 2.05) is 0 Å². The van der Waals surface area contributed by atoms with E-state index in [4.69, 9.17) is 4.74 Å². The van der Waals surface area contributed by atoms with E-state index >= 15 is 0 Å². The lowest BCUT2D eigenvalue weighted by Crippen LogP contribution is -2.50. The van der Waals surface area contributed by atoms with E-state index in [-0.39, 0.29) is 5.91 Å². The van der Waals surface area contributed by atoms with Gasteiger partial charge in [0.2, 0.25) is 11.9 Å². The molecule has 1 saturated carbocycles. The Hall–Kier alpha value is -2.06. The first-order valence-electron chi connectivity index (χ1n) is 12.0. The topological polar surface area (TPSA) is 63.5 Å². The Bertz CT molecular complexity index is 923. The highest BCUT2D eigenvalue weighted by molar-refractivity contribution is 7.99. The number of hydrogen-bond donors (Lipinski definition) is 0. The maximum absolute atomic E-state index is 13.2. The van der Waals surface area contributed by atoms with Gasteiger partial charge in [0.15, 0.2) is 5.16 Å². The van der Waals surface area contributed by atoms with Crippen molar-refractivity contribution in [2.45, 2.75) is 56.6 Å². The van der Waals surface area contributed by atoms with E-state index in [0.29, 0.717) is 30.9 Å². The lowest BCUT2D eigenvalue weighted by atomic mass is 9.78. The van der Waals surface area contributed by atoms with Crippen LogP contribution in [0.25, 0.3) is 5.69 Å². The molecule has 1 aliphatic carbocycles. The summed E-state index contributed by atoms with van der Waals surface area (Å²) in [6.45, 7) is 5.97. The van der Waals surface area contributed by atoms with Crippen molar-refractivity contribution in [3.8, 4) is 5.69 Å². The van der Waals surface area contributed by atoms with Crippen molar-refractivity contribution in [1.29, 1.82) is 0 Å². The van der Waals surface area contributed by atoms with Gasteiger partial charge in [-0.1, -0.05) is 42.3 Å². The van der Waals surface area contributed by atoms with Gasteiger partial charge in [-0.2, -0.15) is 0 Å². The molecule has 2 aliphatic heterocycles. The summed E-state index contributed by atoms with van der Waals surface area (Å²) < 4.78 is 7.62. The molecule has 1 aromatic carbocycles. The molecule has 0 bridgehead atoms. The van der Waals surface area contributed by atoms with Gasteiger partial charge in [0, 0.05) is 25.7 Å². The molecule has 3 aliphatic rings. The largest absolute Gasteiger partial charge is 0.378 e. The lowest BCUT2D eigenvalue weighted by molar-refractivity contribution is -0.134. The number of anilines is 1. The molecule has 8 heteroatoms. The zero-order valence-electron chi connectivity index (χ0n) is 18.9. The van der Waals surface area contributed by atoms with Crippen LogP contribution in [0.1, 0.15) is 44.1 Å². The maximum Gasteiger partial charge on any atom is 0.233 e. The second-order valence-corrected chi connectivity index (χ2v) is 10.1. The first kappa shape index (κ1) is 21.8. The number of aryl methyl sites for hydroxylation is 1. The molecule has 0 radical (unpaired) electrons. The van der Waals surface area contributed by atoms with Crippen LogP contribution < -0.4 is 4.90 Å². The fourth-order valence-electron chi connectivity index (χ4n) is 5.39. The molecule has 1 aromatic heterocycles. The van der Waals surface area contributed by atoms with Gasteiger partial charge >= 0.3 is 0 Å². The first-order chi connectivity index (χ1) is 15.7. The Morgan fingerprint density at radius 1 is 1.03 bits per heavy atom. The number of aromatic nitrogens is 3. The molecular weight excluding hydrogens is 422 g/mol. The van der Waals surface area contributed by atoms with Gasteiger partial charge in [0.1, 0.15) is 0 Å². The number of ether oxygens (including phenoxy) is 1. The number of morpholine rings is 1. The Morgan fingerprint density at radius 2 is 1.78 bits per heavy atom. The number of hydrogen-bond acceptors (Lipinski definition) is 6. The third-order valence-corrected chi connectivity index (χ3v) is 8.00. The van der Waals surface area contributed by atoms with Crippen LogP contribution in [-0.4, -0.2) is 70.2 Å². The third kappa shape index (κ3) is 4.53. The first-order valence-corrected chi connectivity index (χ1v) is 13.0. The Labute approximate surface area is 194 Å². The van der Waals surface area contributed by atoms with Crippen LogP contribution in [0.2, 0.25) is 0 Å². The number of rotatable bonds is 5. The van der Waals surface area contributed by atoms with Crippen molar-refractivity contribution in [3.63, 3.8) is 0 Å². The van der Waals surface area contributed by atoms with E-state index in [0.717, 1.165) is 42.8 Å². The van der Waals surface area contributed by atoms with E-state index in [2.05, 4.69) is 55.8 Å². The molecule has 2 saturated heterocycles. The van der Waals surface area contributed by atoms with E-state index in [1.165, 1.54) is 49.4 Å². The SMILES string of the molecule is Cc1ccc(-n2c(SCC(=O)N3CCC[C@@H]4CCCC[C@H]43)nnc2N2CCOCC2)cc1. The van der Waals surface area contributed by atoms with Crippen molar-refractivity contribution in [2.75, 3.05) is 43.5 Å². The molecule has 2 atom stereocenters. The summed E-state index contributed by atoms with van der Waals surface area (Å²) in [7, 11) is 0. The van der Waals surface area contributed by atoms with Gasteiger partial charge in [-0.3, -0.25) is 9.36 Å². The van der Waals surface area contributed by atoms with Crippen molar-refractivity contribution >= 4 is 23.6 Å². The third-order valence-electron chi connectivity index (χ3n) is 7.09. The van der Waals surface area contributed by atoms with Crippen molar-refractivity contribution in [2.24, 2.45) is 5.92 Å². The average Bonchev–Trinajstić information content (AvgIpc) is 3.27. The van der Waals surface area contributed by atoms with E-state index in [9.17, 15) is 4.79 Å². The predicted octanol–water partition coefficient (Wildman–Crippen LogP) is 3.69. The minimum atomic E-state index is 0.248. The van der Waals surface area contributed by atoms with E-state index < -0.39 is 0 Å². The number of thioether (sulfide) groups is 1. The average molecular weight is 456 g/mol. The number of likely N-dealkylation sites (tertiary alicyclic amines) is 1. The Kier molecular flexibility index (Phi) is 6.69. The number of fused-ring (bicyclic) bond motifs is 1. The van der Waals surface area contributed by atoms with Crippen molar-refractivity contribution in [1.82, 2.24) is 19.7 Å². The zero-order valence-corrected chi connectivity index (χ0v) is 19.7. The number of nitrogens with zero attached hydrogens (tertiary/aromatic N) is 5. The van der Waals surface area contributed by atoms with Crippen LogP contribution >= 0.6 is 11.8 Å². The van der Waals surface area contributed by atoms with E-state index in [1.54, 1.807) is 0 Å². The standard InChI is InChI=1S/C24H33N5O2S/c1-18-8-10-20(11-9-18)29-23(27-13-15-31-16-14-27)25-26-24(29)32-17-22(30)28-12-4-6-19-5-2-3-7-21(19)28/h8-11,19,21H,2-7,12-17H2,1H3/t19-,21+/m0/s1. The number of benzene rings is 1. The summed E-state index contributed by atoms with van der Waals surface area (Å²) in [6.07, 6.45) is 7.45. The molecule has 3 heterocycles. The maximum atomic E-state index is 13.2. The molecule has 1 amide bonds. The predicted molar refractivity (Wildman–Crippen MR) is 127 cm³/mol. The van der Waals surface area contributed by atoms with Crippen molar-refractivity contribution < 1.29 is 9.53 Å². The molecule has 2 aromatic rings. The Morgan fingerprint density at radius 3 is 2.59 bits per heavy atom. The van der Waals surface area contributed by atoms with Crippen LogP contribution in [0, 0.1) is 12.8 Å². The van der Waals surface area contributed by atoms with Crippen LogP contribution in [0.4, 0.5) is 5.95 Å². The fourth-order valence-corrected chi connectivity index (χ4v) is 6.22. The van der Waals surface area contributed by atoms with Gasteiger partial charge in [0.25, 0.3) is 0 Å². The molecular formula is C24H33N5O2S. The molecule has 0 unspecified atom stereocenters. The number of amides is 1. The summed E-state index contributed by atoms with van der Waals surface area (Å²) in [4.78, 5) is 17.6. The van der Waals surface area contributed by atoms with Crippen molar-refractivity contribution in [3.05, 3.63) is 29.8 Å². The van der Waals surface area contributed by atoms with Gasteiger partial charge in [-0.15, -0.1) is 10.2 Å². The zero-order chi connectivity index (χ0) is 21.9. The smallest absolute Gasteiger partial charge is 0.233 e. The van der Waals surface area contributed by atoms with Crippen LogP contribution in [0.3, 0.4) is 0 Å². The highest BCUT2D eigenvalue weighted by atomic mass is 32.2. The second kappa shape index (κ2) is 9.83. The van der Waals surface area contributed by atoms with Gasteiger partial charge < -0.3 is 14.5 Å². The summed E-state index contributed by atoms with van der Waals surface area (Å²) >= 11 is 1.51. The van der Waals surface area contributed by atoms with Crippen LogP contribution in [0.15, 0.2) is 29.4 Å². The number of piperidine rings is 1. The Balaban J connectivity index is 1.35. The number of carbonyl (C=O) groups is 1. The lowest BCUT2D eigenvalue weighted by Gasteiger charge is -2.44. The second-order valence-electron chi connectivity index (χ2n) is 9.18. The molecule has 3 fully saturated rings. The monoisotopic (exact) mass is 455 g/mol. The fraction of sp³-hybridized carbons (Fsp3) is 0.625. The molecule has 0 N–H and O–H groups in total. The van der Waals surface area contributed by atoms with Gasteiger partial charge in [0.05, 0.1) is 24.7 Å². The summed E-state index contributed by atoms with van der Waals surface area (Å²) in [5.74, 6) is 2.20. The molecule has 0 spiro atoms. The number of carbonyl (C=O) groups excluding carboxylic acids is 1. The summed E-state index contributed by atoms with van der Waals surface area (Å²) in [5, 5.41) is 9.82. The molecule has 32 heavy (non-hydrogen) atoms. The quantitative estimate of drug-likeness (QED) is 0.641. The summed E-state index contributed by atoms with van der Waals surface area (Å²) in [6, 6.07) is 8.87. The summed E-state index contributed by atoms with van der Waals surface area (Å²) in [5.41, 5.74) is 2.24. The minimum absolute atomic E-state index is 0.248. The van der Waals surface area contributed by atoms with Gasteiger partial charge in [-0.05, 0) is 50.7 Å². The van der Waals surface area contributed by atoms with Gasteiger partial charge in [-0.25, -0.2) is 0 Å².